The topological polar surface area (TPSA) is 60.8 Å². The third-order valence-corrected chi connectivity index (χ3v) is 3.82. The number of hydrogen-bond acceptors (Lipinski definition) is 3. The fourth-order valence-electron chi connectivity index (χ4n) is 2.49. The highest BCUT2D eigenvalue weighted by Gasteiger charge is 2.29. The fourth-order valence-corrected chi connectivity index (χ4v) is 2.49. The van der Waals surface area contributed by atoms with Crippen molar-refractivity contribution in [2.24, 2.45) is 0 Å². The van der Waals surface area contributed by atoms with Gasteiger partial charge in [-0.3, -0.25) is 4.79 Å². The van der Waals surface area contributed by atoms with E-state index in [1.165, 1.54) is 0 Å². The summed E-state index contributed by atoms with van der Waals surface area (Å²) in [6.07, 6.45) is 3.12. The van der Waals surface area contributed by atoms with Gasteiger partial charge in [-0.2, -0.15) is 0 Å². The first-order valence-corrected chi connectivity index (χ1v) is 7.29. The lowest BCUT2D eigenvalue weighted by atomic mass is 9.90. The van der Waals surface area contributed by atoms with Gasteiger partial charge in [-0.05, 0) is 38.3 Å². The number of hydrogen-bond donors (Lipinski definition) is 2. The molecule has 1 aromatic rings. The zero-order valence-electron chi connectivity index (χ0n) is 12.3. The smallest absolute Gasteiger partial charge is 0.255 e. The van der Waals surface area contributed by atoms with Crippen LogP contribution in [0.4, 0.5) is 0 Å². The van der Waals surface area contributed by atoms with E-state index in [1.54, 1.807) is 4.90 Å². The molecule has 0 radical (unpaired) electrons. The van der Waals surface area contributed by atoms with E-state index < -0.39 is 0 Å². The second kappa shape index (κ2) is 7.26. The Morgan fingerprint density at radius 1 is 1.38 bits per heavy atom. The third kappa shape index (κ3) is 3.63. The summed E-state index contributed by atoms with van der Waals surface area (Å²) in [4.78, 5) is 14.5. The van der Waals surface area contributed by atoms with E-state index in [4.69, 9.17) is 5.11 Å². The third-order valence-electron chi connectivity index (χ3n) is 3.82. The minimum absolute atomic E-state index is 0.0360. The Hall–Kier alpha value is -1.83. The molecule has 4 heteroatoms. The van der Waals surface area contributed by atoms with Crippen molar-refractivity contribution in [2.75, 3.05) is 19.8 Å². The zero-order chi connectivity index (χ0) is 15.2. The summed E-state index contributed by atoms with van der Waals surface area (Å²) in [5.74, 6) is 5.34. The number of carbonyl (C=O) groups is 1. The van der Waals surface area contributed by atoms with Crippen molar-refractivity contribution in [3.8, 4) is 11.8 Å². The van der Waals surface area contributed by atoms with Crippen LogP contribution in [0.5, 0.6) is 0 Å². The SMILES string of the molecule is Cc1ccc(C#CCO)c(C(=O)N(CCO)C2CCC2)c1. The van der Waals surface area contributed by atoms with E-state index >= 15 is 0 Å². The molecule has 0 spiro atoms. The normalized spacial score (nSPS) is 14.0. The van der Waals surface area contributed by atoms with Gasteiger partial charge in [0.2, 0.25) is 0 Å². The van der Waals surface area contributed by atoms with Crippen LogP contribution < -0.4 is 0 Å². The maximum Gasteiger partial charge on any atom is 0.255 e. The molecule has 1 aromatic carbocycles. The van der Waals surface area contributed by atoms with Crippen molar-refractivity contribution in [1.82, 2.24) is 4.90 Å². The van der Waals surface area contributed by atoms with Crippen LogP contribution in [0.25, 0.3) is 0 Å². The Labute approximate surface area is 125 Å². The molecule has 2 N–H and O–H groups in total. The first kappa shape index (κ1) is 15.6. The van der Waals surface area contributed by atoms with Gasteiger partial charge in [-0.1, -0.05) is 23.5 Å². The summed E-state index contributed by atoms with van der Waals surface area (Å²) in [6, 6.07) is 5.76. The molecule has 1 amide bonds. The molecule has 0 aliphatic heterocycles. The second-order valence-electron chi connectivity index (χ2n) is 5.32. The van der Waals surface area contributed by atoms with E-state index in [1.807, 2.05) is 25.1 Å². The molecule has 1 saturated carbocycles. The minimum atomic E-state index is -0.232. The summed E-state index contributed by atoms with van der Waals surface area (Å²) in [5, 5.41) is 18.0. The van der Waals surface area contributed by atoms with Gasteiger partial charge < -0.3 is 15.1 Å². The number of aryl methyl sites for hydroxylation is 1. The van der Waals surface area contributed by atoms with Crippen molar-refractivity contribution in [3.05, 3.63) is 34.9 Å². The lowest BCUT2D eigenvalue weighted by Crippen LogP contribution is -2.45. The predicted molar refractivity (Wildman–Crippen MR) is 80.9 cm³/mol. The van der Waals surface area contributed by atoms with Gasteiger partial charge in [-0.15, -0.1) is 0 Å². The molecule has 1 aliphatic carbocycles. The lowest BCUT2D eigenvalue weighted by Gasteiger charge is -2.37. The lowest BCUT2D eigenvalue weighted by molar-refractivity contribution is 0.0525. The number of nitrogens with zero attached hydrogens (tertiary/aromatic N) is 1. The first-order valence-electron chi connectivity index (χ1n) is 7.29. The average Bonchev–Trinajstić information content (AvgIpc) is 2.43. The van der Waals surface area contributed by atoms with Gasteiger partial charge in [0.1, 0.15) is 6.61 Å². The molecule has 0 aromatic heterocycles. The van der Waals surface area contributed by atoms with E-state index in [9.17, 15) is 9.90 Å². The van der Waals surface area contributed by atoms with Crippen LogP contribution in [-0.2, 0) is 0 Å². The molecule has 2 rings (SSSR count). The van der Waals surface area contributed by atoms with E-state index in [-0.39, 0.29) is 25.2 Å². The standard InChI is InChI=1S/C17H21NO3/c1-13-7-8-14(4-3-10-19)16(12-13)17(21)18(9-11-20)15-5-2-6-15/h7-8,12,15,19-20H,2,5-6,9-11H2,1H3. The van der Waals surface area contributed by atoms with E-state index in [0.717, 1.165) is 24.8 Å². The molecular formula is C17H21NO3. The summed E-state index contributed by atoms with van der Waals surface area (Å²) in [5.41, 5.74) is 2.17. The molecule has 4 nitrogen and oxygen atoms in total. The summed E-state index contributed by atoms with van der Waals surface area (Å²) >= 11 is 0. The van der Waals surface area contributed by atoms with Gasteiger partial charge >= 0.3 is 0 Å². The number of benzene rings is 1. The average molecular weight is 287 g/mol. The maximum atomic E-state index is 12.8. The minimum Gasteiger partial charge on any atom is -0.395 e. The molecule has 0 heterocycles. The van der Waals surface area contributed by atoms with Crippen LogP contribution in [-0.4, -0.2) is 46.8 Å². The number of aliphatic hydroxyl groups is 2. The molecule has 0 unspecified atom stereocenters. The van der Waals surface area contributed by atoms with Gasteiger partial charge in [0.05, 0.1) is 12.2 Å². The monoisotopic (exact) mass is 287 g/mol. The van der Waals surface area contributed by atoms with Crippen molar-refractivity contribution in [3.63, 3.8) is 0 Å². The molecule has 1 aliphatic rings. The largest absolute Gasteiger partial charge is 0.395 e. The van der Waals surface area contributed by atoms with Crippen LogP contribution in [0.1, 0.15) is 40.7 Å². The highest BCUT2D eigenvalue weighted by atomic mass is 16.3. The van der Waals surface area contributed by atoms with Crippen LogP contribution in [0, 0.1) is 18.8 Å². The van der Waals surface area contributed by atoms with Crippen LogP contribution >= 0.6 is 0 Å². The highest BCUT2D eigenvalue weighted by Crippen LogP contribution is 2.26. The van der Waals surface area contributed by atoms with Gasteiger partial charge in [0.25, 0.3) is 5.91 Å². The summed E-state index contributed by atoms with van der Waals surface area (Å²) < 4.78 is 0. The van der Waals surface area contributed by atoms with E-state index in [0.29, 0.717) is 17.7 Å². The summed E-state index contributed by atoms with van der Waals surface area (Å²) in [6.45, 7) is 2.01. The van der Waals surface area contributed by atoms with Crippen molar-refractivity contribution < 1.29 is 15.0 Å². The molecule has 21 heavy (non-hydrogen) atoms. The van der Waals surface area contributed by atoms with Crippen LogP contribution in [0.2, 0.25) is 0 Å². The molecule has 0 bridgehead atoms. The van der Waals surface area contributed by atoms with Crippen molar-refractivity contribution >= 4 is 5.91 Å². The molecule has 0 atom stereocenters. The Balaban J connectivity index is 2.33. The van der Waals surface area contributed by atoms with Crippen molar-refractivity contribution in [2.45, 2.75) is 32.2 Å². The number of aliphatic hydroxyl groups excluding tert-OH is 2. The quantitative estimate of drug-likeness (QED) is 0.821. The predicted octanol–water partition coefficient (Wildman–Crippen LogP) is 1.33. The maximum absolute atomic E-state index is 12.8. The first-order chi connectivity index (χ1) is 10.2. The van der Waals surface area contributed by atoms with Crippen molar-refractivity contribution in [1.29, 1.82) is 0 Å². The molecular weight excluding hydrogens is 266 g/mol. The molecule has 112 valence electrons. The Kier molecular flexibility index (Phi) is 5.38. The number of amides is 1. The number of carbonyl (C=O) groups excluding carboxylic acids is 1. The van der Waals surface area contributed by atoms with Crippen LogP contribution in [0.3, 0.4) is 0 Å². The van der Waals surface area contributed by atoms with E-state index in [2.05, 4.69) is 11.8 Å². The van der Waals surface area contributed by atoms with Gasteiger partial charge in [-0.25, -0.2) is 0 Å². The Morgan fingerprint density at radius 3 is 2.71 bits per heavy atom. The highest BCUT2D eigenvalue weighted by molar-refractivity contribution is 5.97. The fraction of sp³-hybridized carbons (Fsp3) is 0.471. The van der Waals surface area contributed by atoms with Crippen LogP contribution in [0.15, 0.2) is 18.2 Å². The Bertz CT molecular complexity index is 567. The molecule has 0 saturated heterocycles. The second-order valence-corrected chi connectivity index (χ2v) is 5.32. The Morgan fingerprint density at radius 2 is 2.14 bits per heavy atom. The number of rotatable bonds is 4. The van der Waals surface area contributed by atoms with Gasteiger partial charge in [0, 0.05) is 18.2 Å². The zero-order valence-corrected chi connectivity index (χ0v) is 12.3. The molecule has 1 fully saturated rings. The summed E-state index contributed by atoms with van der Waals surface area (Å²) in [7, 11) is 0. The van der Waals surface area contributed by atoms with Gasteiger partial charge in [0.15, 0.2) is 0 Å².